The van der Waals surface area contributed by atoms with Gasteiger partial charge in [-0.2, -0.15) is 0 Å². The van der Waals surface area contributed by atoms with Crippen molar-refractivity contribution in [1.29, 1.82) is 0 Å². The van der Waals surface area contributed by atoms with Crippen LogP contribution in [0, 0.1) is 0 Å². The van der Waals surface area contributed by atoms with Crippen molar-refractivity contribution in [1.82, 2.24) is 4.98 Å². The van der Waals surface area contributed by atoms with Crippen LogP contribution < -0.4 is 4.90 Å². The van der Waals surface area contributed by atoms with Crippen LogP contribution in [0.15, 0.2) is 30.3 Å². The van der Waals surface area contributed by atoms with Gasteiger partial charge in [0, 0.05) is 24.2 Å². The highest BCUT2D eigenvalue weighted by atomic mass is 16.3. The molecule has 1 saturated heterocycles. The predicted octanol–water partition coefficient (Wildman–Crippen LogP) is 2.08. The summed E-state index contributed by atoms with van der Waals surface area (Å²) in [7, 11) is 0. The summed E-state index contributed by atoms with van der Waals surface area (Å²) in [6, 6.07) is 9.88. The molecule has 1 aromatic carbocycles. The van der Waals surface area contributed by atoms with Gasteiger partial charge in [-0.3, -0.25) is 4.98 Å². The summed E-state index contributed by atoms with van der Waals surface area (Å²) in [5.74, 6) is 0. The zero-order valence-corrected chi connectivity index (χ0v) is 11.7. The molecule has 2 aromatic rings. The van der Waals surface area contributed by atoms with Crippen LogP contribution in [0.2, 0.25) is 0 Å². The number of para-hydroxylation sites is 1. The van der Waals surface area contributed by atoms with Crippen LogP contribution in [0.25, 0.3) is 10.9 Å². The Balaban J connectivity index is 2.09. The third kappa shape index (κ3) is 2.49. The topological polar surface area (TPSA) is 56.6 Å². The number of aliphatic hydroxyl groups excluding tert-OH is 1. The fourth-order valence-electron chi connectivity index (χ4n) is 2.98. The van der Waals surface area contributed by atoms with E-state index in [9.17, 15) is 10.2 Å². The number of anilines is 1. The lowest BCUT2D eigenvalue weighted by molar-refractivity contribution is 0.0450. The molecule has 1 unspecified atom stereocenters. The predicted molar refractivity (Wildman–Crippen MR) is 79.7 cm³/mol. The maximum absolute atomic E-state index is 10.3. The van der Waals surface area contributed by atoms with Crippen molar-refractivity contribution < 1.29 is 10.2 Å². The van der Waals surface area contributed by atoms with E-state index in [1.54, 1.807) is 0 Å². The molecule has 1 aromatic heterocycles. The molecular weight excluding hydrogens is 252 g/mol. The van der Waals surface area contributed by atoms with Gasteiger partial charge in [0.2, 0.25) is 0 Å². The zero-order valence-electron chi connectivity index (χ0n) is 11.7. The Morgan fingerprint density at radius 1 is 1.35 bits per heavy atom. The Hall–Kier alpha value is -1.65. The zero-order chi connectivity index (χ0) is 14.2. The number of aliphatic hydroxyl groups is 2. The molecule has 106 valence electrons. The normalized spacial score (nSPS) is 23.2. The van der Waals surface area contributed by atoms with Gasteiger partial charge >= 0.3 is 0 Å². The first kappa shape index (κ1) is 13.3. The van der Waals surface area contributed by atoms with E-state index < -0.39 is 5.60 Å². The lowest BCUT2D eigenvalue weighted by atomic mass is 9.94. The molecule has 1 aliphatic rings. The molecule has 3 rings (SSSR count). The fourth-order valence-corrected chi connectivity index (χ4v) is 2.98. The van der Waals surface area contributed by atoms with Crippen molar-refractivity contribution in [3.8, 4) is 0 Å². The minimum atomic E-state index is -0.651. The van der Waals surface area contributed by atoms with Gasteiger partial charge in [-0.05, 0) is 31.9 Å². The Kier molecular flexibility index (Phi) is 3.36. The van der Waals surface area contributed by atoms with Gasteiger partial charge in [-0.25, -0.2) is 0 Å². The Morgan fingerprint density at radius 3 is 2.90 bits per heavy atom. The second kappa shape index (κ2) is 5.04. The van der Waals surface area contributed by atoms with Crippen molar-refractivity contribution in [2.75, 3.05) is 18.0 Å². The summed E-state index contributed by atoms with van der Waals surface area (Å²) in [5.41, 5.74) is 1.96. The number of β-amino-alcohol motifs (C(OH)–C–C–N with tert-alkyl or cyclic N) is 1. The standard InChI is InChI=1S/C16H20N2O2/c1-16(20)7-4-8-18(11-16)15-9-12(10-19)17-14-6-3-2-5-13(14)15/h2-3,5-6,9,19-20H,4,7-8,10-11H2,1H3. The molecule has 2 N–H and O–H groups in total. The summed E-state index contributed by atoms with van der Waals surface area (Å²) in [4.78, 5) is 6.65. The van der Waals surface area contributed by atoms with E-state index in [1.807, 2.05) is 37.3 Å². The number of nitrogens with zero attached hydrogens (tertiary/aromatic N) is 2. The second-order valence-electron chi connectivity index (χ2n) is 5.83. The minimum absolute atomic E-state index is 0.0674. The maximum Gasteiger partial charge on any atom is 0.0854 e. The molecular formula is C16H20N2O2. The van der Waals surface area contributed by atoms with Crippen molar-refractivity contribution in [3.05, 3.63) is 36.0 Å². The van der Waals surface area contributed by atoms with Gasteiger partial charge in [0.25, 0.3) is 0 Å². The molecule has 4 heteroatoms. The molecule has 0 bridgehead atoms. The first-order valence-electron chi connectivity index (χ1n) is 7.06. The van der Waals surface area contributed by atoms with E-state index in [-0.39, 0.29) is 6.61 Å². The summed E-state index contributed by atoms with van der Waals surface area (Å²) in [6.45, 7) is 3.36. The average Bonchev–Trinajstić information content (AvgIpc) is 2.45. The van der Waals surface area contributed by atoms with Crippen molar-refractivity contribution in [3.63, 3.8) is 0 Å². The van der Waals surface area contributed by atoms with Crippen molar-refractivity contribution in [2.45, 2.75) is 32.0 Å². The molecule has 1 atom stereocenters. The van der Waals surface area contributed by atoms with E-state index in [2.05, 4.69) is 9.88 Å². The minimum Gasteiger partial charge on any atom is -0.390 e. The van der Waals surface area contributed by atoms with Crippen LogP contribution in [0.5, 0.6) is 0 Å². The maximum atomic E-state index is 10.3. The smallest absolute Gasteiger partial charge is 0.0854 e. The molecule has 2 heterocycles. The lowest BCUT2D eigenvalue weighted by Crippen LogP contribution is -2.46. The summed E-state index contributed by atoms with van der Waals surface area (Å²) in [6.07, 6.45) is 1.80. The van der Waals surface area contributed by atoms with Gasteiger partial charge < -0.3 is 15.1 Å². The van der Waals surface area contributed by atoms with E-state index in [0.29, 0.717) is 12.2 Å². The van der Waals surface area contributed by atoms with Gasteiger partial charge in [-0.15, -0.1) is 0 Å². The van der Waals surface area contributed by atoms with Gasteiger partial charge in [-0.1, -0.05) is 18.2 Å². The highest BCUT2D eigenvalue weighted by molar-refractivity contribution is 5.92. The van der Waals surface area contributed by atoms with Gasteiger partial charge in [0.15, 0.2) is 0 Å². The quantitative estimate of drug-likeness (QED) is 0.879. The number of piperidine rings is 1. The Labute approximate surface area is 118 Å². The number of hydrogen-bond acceptors (Lipinski definition) is 4. The summed E-state index contributed by atoms with van der Waals surface area (Å²) < 4.78 is 0. The van der Waals surface area contributed by atoms with Crippen molar-refractivity contribution >= 4 is 16.6 Å². The Morgan fingerprint density at radius 2 is 2.15 bits per heavy atom. The third-order valence-corrected chi connectivity index (χ3v) is 3.92. The fraction of sp³-hybridized carbons (Fsp3) is 0.438. The van der Waals surface area contributed by atoms with Gasteiger partial charge in [0.1, 0.15) is 0 Å². The van der Waals surface area contributed by atoms with Crippen LogP contribution >= 0.6 is 0 Å². The molecule has 0 spiro atoms. The van der Waals surface area contributed by atoms with E-state index >= 15 is 0 Å². The molecule has 0 aliphatic carbocycles. The van der Waals surface area contributed by atoms with Crippen LogP contribution in [0.1, 0.15) is 25.5 Å². The first-order chi connectivity index (χ1) is 9.59. The second-order valence-corrected chi connectivity index (χ2v) is 5.83. The average molecular weight is 272 g/mol. The van der Waals surface area contributed by atoms with Crippen LogP contribution in [0.3, 0.4) is 0 Å². The number of rotatable bonds is 2. The third-order valence-electron chi connectivity index (χ3n) is 3.92. The van der Waals surface area contributed by atoms with E-state index in [0.717, 1.165) is 36.0 Å². The molecule has 0 saturated carbocycles. The number of pyridine rings is 1. The Bertz CT molecular complexity index is 625. The molecule has 1 fully saturated rings. The number of hydrogen-bond donors (Lipinski definition) is 2. The molecule has 20 heavy (non-hydrogen) atoms. The van der Waals surface area contributed by atoms with Crippen LogP contribution in [-0.2, 0) is 6.61 Å². The molecule has 0 radical (unpaired) electrons. The largest absolute Gasteiger partial charge is 0.390 e. The van der Waals surface area contributed by atoms with Crippen LogP contribution in [-0.4, -0.2) is 33.9 Å². The number of aromatic nitrogens is 1. The van der Waals surface area contributed by atoms with Crippen molar-refractivity contribution in [2.24, 2.45) is 0 Å². The SMILES string of the molecule is CC1(O)CCCN(c2cc(CO)nc3ccccc23)C1. The summed E-state index contributed by atoms with van der Waals surface area (Å²) >= 11 is 0. The summed E-state index contributed by atoms with van der Waals surface area (Å²) in [5, 5.41) is 20.8. The highest BCUT2D eigenvalue weighted by Gasteiger charge is 2.29. The first-order valence-corrected chi connectivity index (χ1v) is 7.06. The number of benzene rings is 1. The van der Waals surface area contributed by atoms with Crippen LogP contribution in [0.4, 0.5) is 5.69 Å². The van der Waals surface area contributed by atoms with E-state index in [1.165, 1.54) is 0 Å². The molecule has 4 nitrogen and oxygen atoms in total. The molecule has 1 aliphatic heterocycles. The molecule has 0 amide bonds. The van der Waals surface area contributed by atoms with E-state index in [4.69, 9.17) is 0 Å². The monoisotopic (exact) mass is 272 g/mol. The highest BCUT2D eigenvalue weighted by Crippen LogP contribution is 2.31. The van der Waals surface area contributed by atoms with Gasteiger partial charge in [0.05, 0.1) is 23.4 Å². The lowest BCUT2D eigenvalue weighted by Gasteiger charge is -2.38. The number of fused-ring (bicyclic) bond motifs is 1.